The van der Waals surface area contributed by atoms with Gasteiger partial charge in [-0.2, -0.15) is 0 Å². The van der Waals surface area contributed by atoms with Gasteiger partial charge in [0.2, 0.25) is 0 Å². The maximum atomic E-state index is 12.1. The average Bonchev–Trinajstić information content (AvgIpc) is 3.33. The summed E-state index contributed by atoms with van der Waals surface area (Å²) in [5.41, 5.74) is 6.86. The first-order valence-corrected chi connectivity index (χ1v) is 12.9. The largest absolute Gasteiger partial charge is 0.396 e. The van der Waals surface area contributed by atoms with Gasteiger partial charge in [-0.05, 0) is 60.4 Å². The number of fused-ring (bicyclic) bond motifs is 1. The average molecular weight is 496 g/mol. The first kappa shape index (κ1) is 24.9. The van der Waals surface area contributed by atoms with Crippen LogP contribution in [0.15, 0.2) is 73.2 Å². The molecule has 1 fully saturated rings. The number of hydrogen-bond donors (Lipinski definition) is 3. The van der Waals surface area contributed by atoms with Crippen molar-refractivity contribution in [1.29, 1.82) is 5.41 Å². The highest BCUT2D eigenvalue weighted by molar-refractivity contribution is 6.30. The summed E-state index contributed by atoms with van der Waals surface area (Å²) in [5, 5.41) is 21.4. The molecule has 0 atom stereocenters. The Balaban J connectivity index is 1.33. The van der Waals surface area contributed by atoms with Gasteiger partial charge in [0.1, 0.15) is 0 Å². The van der Waals surface area contributed by atoms with Crippen LogP contribution in [-0.2, 0) is 6.42 Å². The molecule has 1 aliphatic heterocycles. The first-order valence-electron chi connectivity index (χ1n) is 12.9. The van der Waals surface area contributed by atoms with Crippen molar-refractivity contribution in [2.24, 2.45) is 0 Å². The lowest BCUT2D eigenvalue weighted by Crippen LogP contribution is -2.46. The molecule has 2 aromatic carbocycles. The minimum Gasteiger partial charge on any atom is -0.396 e. The van der Waals surface area contributed by atoms with Crippen LogP contribution in [0.25, 0.3) is 5.57 Å². The van der Waals surface area contributed by atoms with Crippen LogP contribution in [0.3, 0.4) is 0 Å². The van der Waals surface area contributed by atoms with Gasteiger partial charge in [-0.3, -0.25) is 20.1 Å². The number of ketones is 1. The number of pyridine rings is 1. The Labute approximate surface area is 218 Å². The minimum atomic E-state index is 0.195. The summed E-state index contributed by atoms with van der Waals surface area (Å²) < 4.78 is 0. The third-order valence-electron chi connectivity index (χ3n) is 7.20. The van der Waals surface area contributed by atoms with Gasteiger partial charge in [0.25, 0.3) is 0 Å². The fraction of sp³-hybridized carbons (Fsp3) is 0.300. The molecule has 3 N–H and O–H groups in total. The summed E-state index contributed by atoms with van der Waals surface area (Å²) in [7, 11) is 0. The molecule has 1 saturated heterocycles. The van der Waals surface area contributed by atoms with E-state index in [1.54, 1.807) is 12.4 Å². The predicted molar refractivity (Wildman–Crippen MR) is 149 cm³/mol. The Hall–Kier alpha value is -3.81. The topological polar surface area (TPSA) is 92.5 Å². The zero-order chi connectivity index (χ0) is 25.6. The second-order valence-electron chi connectivity index (χ2n) is 9.56. The fourth-order valence-electron chi connectivity index (χ4n) is 5.04. The number of aliphatic hydroxyl groups is 1. The lowest BCUT2D eigenvalue weighted by molar-refractivity contribution is 0.0994. The van der Waals surface area contributed by atoms with E-state index in [9.17, 15) is 4.79 Å². The Morgan fingerprint density at radius 3 is 2.46 bits per heavy atom. The maximum absolute atomic E-state index is 12.1. The van der Waals surface area contributed by atoms with E-state index < -0.39 is 0 Å². The van der Waals surface area contributed by atoms with Gasteiger partial charge in [-0.1, -0.05) is 18.2 Å². The van der Waals surface area contributed by atoms with Crippen molar-refractivity contribution in [2.75, 3.05) is 49.5 Å². The van der Waals surface area contributed by atoms with Crippen LogP contribution in [0.2, 0.25) is 0 Å². The van der Waals surface area contributed by atoms with Crippen LogP contribution in [0, 0.1) is 5.41 Å². The molecular formula is C30H33N5O2. The fourth-order valence-corrected chi connectivity index (χ4v) is 5.04. The molecule has 1 aromatic heterocycles. The number of benzene rings is 2. The molecule has 7 heteroatoms. The smallest absolute Gasteiger partial charge is 0.163 e. The minimum absolute atomic E-state index is 0.195. The Morgan fingerprint density at radius 1 is 0.973 bits per heavy atom. The number of nitrogens with one attached hydrogen (secondary N) is 2. The van der Waals surface area contributed by atoms with Crippen LogP contribution >= 0.6 is 0 Å². The summed E-state index contributed by atoms with van der Waals surface area (Å²) in [5.74, 6) is 0.195. The molecule has 0 amide bonds. The van der Waals surface area contributed by atoms with Gasteiger partial charge in [0.15, 0.2) is 5.78 Å². The number of aliphatic hydroxyl groups excluding tert-OH is 1. The van der Waals surface area contributed by atoms with Gasteiger partial charge < -0.3 is 15.3 Å². The predicted octanol–water partition coefficient (Wildman–Crippen LogP) is 4.24. The van der Waals surface area contributed by atoms with Crippen LogP contribution in [0.1, 0.15) is 39.9 Å². The van der Waals surface area contributed by atoms with Crippen molar-refractivity contribution in [3.05, 3.63) is 95.4 Å². The molecule has 0 radical (unpaired) electrons. The van der Waals surface area contributed by atoms with Gasteiger partial charge in [-0.25, -0.2) is 0 Å². The van der Waals surface area contributed by atoms with E-state index in [0.29, 0.717) is 12.1 Å². The number of piperazine rings is 1. The van der Waals surface area contributed by atoms with Gasteiger partial charge in [-0.15, -0.1) is 0 Å². The molecule has 3 aromatic rings. The number of allylic oxidation sites excluding steroid dienone is 1. The summed E-state index contributed by atoms with van der Waals surface area (Å²) in [4.78, 5) is 21.0. The lowest BCUT2D eigenvalue weighted by atomic mass is 9.94. The van der Waals surface area contributed by atoms with E-state index in [1.807, 2.05) is 36.5 Å². The Morgan fingerprint density at radius 2 is 1.73 bits per heavy atom. The normalized spacial score (nSPS) is 16.1. The SMILES string of the molecule is N=C(/C(=C\Nc1ccc(N2CCN(CCCO)CC2)cc1)c1ccc2c(c1)CCC2=O)c1ccncc1. The third-order valence-corrected chi connectivity index (χ3v) is 7.20. The first-order chi connectivity index (χ1) is 18.1. The molecular weight excluding hydrogens is 462 g/mol. The van der Waals surface area contributed by atoms with E-state index in [-0.39, 0.29) is 12.4 Å². The number of Topliss-reactive ketones (excluding diaryl/α,β-unsaturated/α-hetero) is 1. The Bertz CT molecular complexity index is 1280. The van der Waals surface area contributed by atoms with E-state index in [2.05, 4.69) is 44.4 Å². The zero-order valence-electron chi connectivity index (χ0n) is 21.0. The highest BCUT2D eigenvalue weighted by Crippen LogP contribution is 2.28. The second kappa shape index (κ2) is 11.5. The Kier molecular flexibility index (Phi) is 7.73. The summed E-state index contributed by atoms with van der Waals surface area (Å²) >= 11 is 0. The van der Waals surface area contributed by atoms with Crippen molar-refractivity contribution in [1.82, 2.24) is 9.88 Å². The molecule has 0 unspecified atom stereocenters. The third kappa shape index (κ3) is 5.79. The van der Waals surface area contributed by atoms with Crippen molar-refractivity contribution < 1.29 is 9.90 Å². The van der Waals surface area contributed by atoms with Crippen LogP contribution < -0.4 is 10.2 Å². The number of hydrogen-bond acceptors (Lipinski definition) is 7. The van der Waals surface area contributed by atoms with Gasteiger partial charge >= 0.3 is 0 Å². The van der Waals surface area contributed by atoms with E-state index in [4.69, 9.17) is 10.5 Å². The summed E-state index contributed by atoms with van der Waals surface area (Å²) in [6, 6.07) is 18.0. The number of aryl methyl sites for hydroxylation is 1. The quantitative estimate of drug-likeness (QED) is 0.385. The van der Waals surface area contributed by atoms with Crippen molar-refractivity contribution in [3.8, 4) is 0 Å². The van der Waals surface area contributed by atoms with E-state index in [1.165, 1.54) is 5.69 Å². The molecule has 7 nitrogen and oxygen atoms in total. The molecule has 0 spiro atoms. The van der Waals surface area contributed by atoms with E-state index in [0.717, 1.165) is 79.1 Å². The summed E-state index contributed by atoms with van der Waals surface area (Å²) in [6.45, 7) is 5.18. The molecule has 1 aliphatic carbocycles. The molecule has 2 heterocycles. The van der Waals surface area contributed by atoms with Crippen LogP contribution in [-0.4, -0.2) is 65.8 Å². The number of aromatic nitrogens is 1. The molecule has 0 saturated carbocycles. The maximum Gasteiger partial charge on any atom is 0.163 e. The van der Waals surface area contributed by atoms with E-state index >= 15 is 0 Å². The number of nitrogens with zero attached hydrogens (tertiary/aromatic N) is 3. The highest BCUT2D eigenvalue weighted by atomic mass is 16.3. The van der Waals surface area contributed by atoms with Crippen molar-refractivity contribution >= 4 is 28.4 Å². The number of anilines is 2. The highest BCUT2D eigenvalue weighted by Gasteiger charge is 2.21. The van der Waals surface area contributed by atoms with Crippen molar-refractivity contribution in [3.63, 3.8) is 0 Å². The molecule has 2 aliphatic rings. The van der Waals surface area contributed by atoms with Crippen LogP contribution in [0.4, 0.5) is 11.4 Å². The standard InChI is InChI=1S/C30H33N5O2/c31-30(22-10-12-32-13-11-22)28(24-2-8-27-23(20-24)3-9-29(27)37)21-33-25-4-6-26(7-5-25)35-17-15-34(16-18-35)14-1-19-36/h2,4-8,10-13,20-21,31,33,36H,1,3,9,14-19H2/b28-21-,31-30?. The molecule has 37 heavy (non-hydrogen) atoms. The number of rotatable bonds is 9. The molecule has 5 rings (SSSR count). The van der Waals surface area contributed by atoms with Gasteiger partial charge in [0, 0.05) is 92.4 Å². The van der Waals surface area contributed by atoms with Gasteiger partial charge in [0.05, 0.1) is 5.71 Å². The zero-order valence-corrected chi connectivity index (χ0v) is 21.0. The molecule has 0 bridgehead atoms. The number of carbonyl (C=O) groups is 1. The van der Waals surface area contributed by atoms with Crippen molar-refractivity contribution in [2.45, 2.75) is 19.3 Å². The second-order valence-corrected chi connectivity index (χ2v) is 9.56. The summed E-state index contributed by atoms with van der Waals surface area (Å²) in [6.07, 6.45) is 7.42. The molecule has 190 valence electrons. The van der Waals surface area contributed by atoms with Crippen LogP contribution in [0.5, 0.6) is 0 Å². The number of carbonyl (C=O) groups excluding carboxylic acids is 1. The monoisotopic (exact) mass is 495 g/mol. The lowest BCUT2D eigenvalue weighted by Gasteiger charge is -2.36.